The molecule has 0 fully saturated rings. The minimum absolute atomic E-state index is 0.135. The maximum atomic E-state index is 12.0. The van der Waals surface area contributed by atoms with E-state index in [1.54, 1.807) is 30.3 Å². The Bertz CT molecular complexity index is 523. The number of hydrogen-bond donors (Lipinski definition) is 0. The lowest BCUT2D eigenvalue weighted by molar-refractivity contribution is 0.103. The summed E-state index contributed by atoms with van der Waals surface area (Å²) in [6.07, 6.45) is 2.99. The number of hydrogen-bond acceptors (Lipinski definition) is 2. The number of pyridine rings is 1. The molecule has 0 saturated heterocycles. The van der Waals surface area contributed by atoms with Gasteiger partial charge in [0.05, 0.1) is 5.02 Å². The molecular formula is C12H7Cl2NO. The molecule has 0 radical (unpaired) electrons. The first kappa shape index (κ1) is 11.1. The fraction of sp³-hybridized carbons (Fsp3) is 0. The quantitative estimate of drug-likeness (QED) is 0.764. The van der Waals surface area contributed by atoms with Crippen molar-refractivity contribution >= 4 is 29.0 Å². The van der Waals surface area contributed by atoms with Crippen molar-refractivity contribution in [2.24, 2.45) is 0 Å². The summed E-state index contributed by atoms with van der Waals surface area (Å²) in [4.78, 5) is 15.9. The van der Waals surface area contributed by atoms with E-state index in [4.69, 9.17) is 23.2 Å². The molecule has 1 aromatic heterocycles. The summed E-state index contributed by atoms with van der Waals surface area (Å²) in [6, 6.07) is 8.27. The lowest BCUT2D eigenvalue weighted by Crippen LogP contribution is -2.01. The zero-order valence-corrected chi connectivity index (χ0v) is 9.66. The SMILES string of the molecule is O=C(c1ccc(Cl)cc1)c1ccncc1Cl. The Morgan fingerprint density at radius 3 is 2.38 bits per heavy atom. The molecule has 80 valence electrons. The smallest absolute Gasteiger partial charge is 0.194 e. The third-order valence-corrected chi connectivity index (χ3v) is 2.68. The number of nitrogens with zero attached hydrogens (tertiary/aromatic N) is 1. The highest BCUT2D eigenvalue weighted by molar-refractivity contribution is 6.35. The van der Waals surface area contributed by atoms with Crippen LogP contribution in [0.4, 0.5) is 0 Å². The van der Waals surface area contributed by atoms with Gasteiger partial charge in [0.2, 0.25) is 0 Å². The van der Waals surface area contributed by atoms with Gasteiger partial charge in [-0.2, -0.15) is 0 Å². The highest BCUT2D eigenvalue weighted by Gasteiger charge is 2.12. The summed E-state index contributed by atoms with van der Waals surface area (Å²) < 4.78 is 0. The van der Waals surface area contributed by atoms with E-state index in [2.05, 4.69) is 4.98 Å². The lowest BCUT2D eigenvalue weighted by Gasteiger charge is -2.02. The van der Waals surface area contributed by atoms with Gasteiger partial charge in [-0.25, -0.2) is 0 Å². The third kappa shape index (κ3) is 2.23. The summed E-state index contributed by atoms with van der Waals surface area (Å²) in [7, 11) is 0. The van der Waals surface area contributed by atoms with Crippen molar-refractivity contribution in [2.75, 3.05) is 0 Å². The van der Waals surface area contributed by atoms with E-state index >= 15 is 0 Å². The molecule has 0 aliphatic heterocycles. The highest BCUT2D eigenvalue weighted by Crippen LogP contribution is 2.19. The van der Waals surface area contributed by atoms with Crippen molar-refractivity contribution in [1.82, 2.24) is 4.98 Å². The lowest BCUT2D eigenvalue weighted by atomic mass is 10.0. The largest absolute Gasteiger partial charge is 0.289 e. The van der Waals surface area contributed by atoms with Crippen LogP contribution in [0.2, 0.25) is 10.0 Å². The molecule has 0 atom stereocenters. The molecule has 0 unspecified atom stereocenters. The number of benzene rings is 1. The molecular weight excluding hydrogens is 245 g/mol. The molecule has 0 aliphatic carbocycles. The van der Waals surface area contributed by atoms with Crippen LogP contribution in [-0.4, -0.2) is 10.8 Å². The Labute approximate surface area is 103 Å². The van der Waals surface area contributed by atoms with E-state index in [0.29, 0.717) is 21.2 Å². The minimum Gasteiger partial charge on any atom is -0.289 e. The van der Waals surface area contributed by atoms with Crippen LogP contribution in [0.25, 0.3) is 0 Å². The van der Waals surface area contributed by atoms with Gasteiger partial charge >= 0.3 is 0 Å². The zero-order chi connectivity index (χ0) is 11.5. The predicted molar refractivity (Wildman–Crippen MR) is 64.1 cm³/mol. The molecule has 0 spiro atoms. The molecule has 0 N–H and O–H groups in total. The summed E-state index contributed by atoms with van der Waals surface area (Å²) in [6.45, 7) is 0. The second kappa shape index (κ2) is 4.64. The van der Waals surface area contributed by atoms with Crippen LogP contribution in [0.15, 0.2) is 42.7 Å². The maximum absolute atomic E-state index is 12.0. The average Bonchev–Trinajstić information content (AvgIpc) is 2.30. The molecule has 0 saturated carbocycles. The summed E-state index contributed by atoms with van der Waals surface area (Å²) >= 11 is 11.6. The van der Waals surface area contributed by atoms with Gasteiger partial charge in [-0.05, 0) is 30.3 Å². The van der Waals surface area contributed by atoms with Gasteiger partial charge < -0.3 is 0 Å². The molecule has 2 rings (SSSR count). The van der Waals surface area contributed by atoms with Crippen LogP contribution in [0.5, 0.6) is 0 Å². The van der Waals surface area contributed by atoms with Gasteiger partial charge in [0.25, 0.3) is 0 Å². The standard InChI is InChI=1S/C12H7Cl2NO/c13-9-3-1-8(2-4-9)12(16)10-5-6-15-7-11(10)14/h1-7H. The molecule has 1 heterocycles. The van der Waals surface area contributed by atoms with Crippen LogP contribution in [-0.2, 0) is 0 Å². The summed E-state index contributed by atoms with van der Waals surface area (Å²) in [5.74, 6) is -0.135. The van der Waals surface area contributed by atoms with E-state index in [1.165, 1.54) is 12.4 Å². The number of aromatic nitrogens is 1. The fourth-order valence-corrected chi connectivity index (χ4v) is 1.65. The van der Waals surface area contributed by atoms with Crippen molar-refractivity contribution in [1.29, 1.82) is 0 Å². The minimum atomic E-state index is -0.135. The maximum Gasteiger partial charge on any atom is 0.194 e. The van der Waals surface area contributed by atoms with E-state index in [-0.39, 0.29) is 5.78 Å². The van der Waals surface area contributed by atoms with Gasteiger partial charge in [-0.3, -0.25) is 9.78 Å². The van der Waals surface area contributed by atoms with Gasteiger partial charge in [-0.15, -0.1) is 0 Å². The first-order valence-electron chi connectivity index (χ1n) is 4.58. The van der Waals surface area contributed by atoms with Crippen LogP contribution in [0, 0.1) is 0 Å². The van der Waals surface area contributed by atoms with E-state index in [9.17, 15) is 4.79 Å². The van der Waals surface area contributed by atoms with Gasteiger partial charge in [0.15, 0.2) is 5.78 Å². The molecule has 4 heteroatoms. The molecule has 16 heavy (non-hydrogen) atoms. The average molecular weight is 252 g/mol. The van der Waals surface area contributed by atoms with E-state index in [0.717, 1.165) is 0 Å². The normalized spacial score (nSPS) is 10.1. The van der Waals surface area contributed by atoms with Gasteiger partial charge in [0.1, 0.15) is 0 Å². The Hall–Kier alpha value is -1.38. The molecule has 0 aliphatic rings. The van der Waals surface area contributed by atoms with Gasteiger partial charge in [-0.1, -0.05) is 23.2 Å². The molecule has 1 aromatic carbocycles. The van der Waals surface area contributed by atoms with Crippen molar-refractivity contribution in [3.63, 3.8) is 0 Å². The monoisotopic (exact) mass is 251 g/mol. The number of carbonyl (C=O) groups is 1. The summed E-state index contributed by atoms with van der Waals surface area (Å²) in [5.41, 5.74) is 0.997. The number of halogens is 2. The molecule has 0 amide bonds. The van der Waals surface area contributed by atoms with Gasteiger partial charge in [0, 0.05) is 28.5 Å². The second-order valence-corrected chi connectivity index (χ2v) is 4.04. The van der Waals surface area contributed by atoms with Crippen molar-refractivity contribution < 1.29 is 4.79 Å². The Morgan fingerprint density at radius 1 is 1.06 bits per heavy atom. The van der Waals surface area contributed by atoms with Crippen LogP contribution < -0.4 is 0 Å². The summed E-state index contributed by atoms with van der Waals surface area (Å²) in [5, 5.41) is 0.944. The third-order valence-electron chi connectivity index (χ3n) is 2.12. The fourth-order valence-electron chi connectivity index (χ4n) is 1.32. The van der Waals surface area contributed by atoms with E-state index in [1.807, 2.05) is 0 Å². The zero-order valence-electron chi connectivity index (χ0n) is 8.15. The Kier molecular flexibility index (Phi) is 3.22. The molecule has 2 aromatic rings. The van der Waals surface area contributed by atoms with E-state index < -0.39 is 0 Å². The van der Waals surface area contributed by atoms with Crippen LogP contribution in [0.3, 0.4) is 0 Å². The number of rotatable bonds is 2. The number of carbonyl (C=O) groups excluding carboxylic acids is 1. The van der Waals surface area contributed by atoms with Crippen LogP contribution in [0.1, 0.15) is 15.9 Å². The van der Waals surface area contributed by atoms with Crippen molar-refractivity contribution in [3.8, 4) is 0 Å². The van der Waals surface area contributed by atoms with Crippen molar-refractivity contribution in [3.05, 3.63) is 63.9 Å². The number of ketones is 1. The second-order valence-electron chi connectivity index (χ2n) is 3.19. The van der Waals surface area contributed by atoms with Crippen LogP contribution >= 0.6 is 23.2 Å². The Balaban J connectivity index is 2.40. The highest BCUT2D eigenvalue weighted by atomic mass is 35.5. The predicted octanol–water partition coefficient (Wildman–Crippen LogP) is 3.62. The molecule has 0 bridgehead atoms. The Morgan fingerprint density at radius 2 is 1.75 bits per heavy atom. The molecule has 2 nitrogen and oxygen atoms in total. The topological polar surface area (TPSA) is 30.0 Å². The first-order chi connectivity index (χ1) is 7.68. The first-order valence-corrected chi connectivity index (χ1v) is 5.34. The van der Waals surface area contributed by atoms with Crippen molar-refractivity contribution in [2.45, 2.75) is 0 Å².